The average molecular weight is 299 g/mol. The molecule has 0 spiro atoms. The molecule has 16 heavy (non-hydrogen) atoms. The first kappa shape index (κ1) is 12.9. The second-order valence-electron chi connectivity index (χ2n) is 2.81. The lowest BCUT2D eigenvalue weighted by molar-refractivity contribution is -0.145. The van der Waals surface area contributed by atoms with Gasteiger partial charge in [0.05, 0.1) is 0 Å². The normalized spacial score (nSPS) is 11.5. The van der Waals surface area contributed by atoms with Crippen LogP contribution < -0.4 is 0 Å². The van der Waals surface area contributed by atoms with Crippen LogP contribution in [0, 0.1) is 0 Å². The van der Waals surface area contributed by atoms with E-state index in [-0.39, 0.29) is 12.1 Å². The van der Waals surface area contributed by atoms with E-state index in [0.717, 1.165) is 6.07 Å². The highest BCUT2D eigenvalue weighted by Gasteiger charge is 2.35. The molecule has 1 rings (SSSR count). The number of aromatic carboxylic acids is 1. The van der Waals surface area contributed by atoms with Gasteiger partial charge < -0.3 is 5.11 Å². The smallest absolute Gasteiger partial charge is 0.451 e. The van der Waals surface area contributed by atoms with Crippen molar-refractivity contribution >= 4 is 21.9 Å². The fourth-order valence-corrected chi connectivity index (χ4v) is 1.36. The zero-order valence-electron chi connectivity index (χ0n) is 7.75. The summed E-state index contributed by atoms with van der Waals surface area (Å²) in [6, 6.07) is 1.03. The standard InChI is InChI=1S/C8H6BrF3N2O2/c9-2-1-4-3-5(6(15)16)14-7(13-4)8(10,11)12/h3H,1-2H2,(H,15,16). The van der Waals surface area contributed by atoms with Crippen LogP contribution in [0.4, 0.5) is 13.2 Å². The van der Waals surface area contributed by atoms with Crippen LogP contribution in [0.2, 0.25) is 0 Å². The van der Waals surface area contributed by atoms with E-state index in [9.17, 15) is 18.0 Å². The summed E-state index contributed by atoms with van der Waals surface area (Å²) in [5, 5.41) is 8.99. The summed E-state index contributed by atoms with van der Waals surface area (Å²) >= 11 is 3.03. The SMILES string of the molecule is O=C(O)c1cc(CCBr)nc(C(F)(F)F)n1. The van der Waals surface area contributed by atoms with E-state index in [4.69, 9.17) is 5.11 Å². The molecule has 0 saturated heterocycles. The Bertz CT molecular complexity index is 409. The van der Waals surface area contributed by atoms with Gasteiger partial charge in [-0.2, -0.15) is 13.2 Å². The van der Waals surface area contributed by atoms with Gasteiger partial charge in [0.15, 0.2) is 5.69 Å². The Hall–Kier alpha value is -1.18. The van der Waals surface area contributed by atoms with Gasteiger partial charge in [-0.1, -0.05) is 15.9 Å². The number of hydrogen-bond donors (Lipinski definition) is 1. The van der Waals surface area contributed by atoms with Crippen molar-refractivity contribution in [2.24, 2.45) is 0 Å². The number of alkyl halides is 4. The van der Waals surface area contributed by atoms with Gasteiger partial charge in [0.2, 0.25) is 5.82 Å². The van der Waals surface area contributed by atoms with E-state index in [0.29, 0.717) is 5.33 Å². The minimum atomic E-state index is -4.74. The van der Waals surface area contributed by atoms with Crippen LogP contribution in [-0.2, 0) is 12.6 Å². The van der Waals surface area contributed by atoms with Gasteiger partial charge in [-0.25, -0.2) is 14.8 Å². The molecule has 0 aromatic carbocycles. The predicted octanol–water partition coefficient (Wildman–Crippen LogP) is 2.13. The van der Waals surface area contributed by atoms with Gasteiger partial charge in [0, 0.05) is 11.0 Å². The molecule has 1 N–H and O–H groups in total. The topological polar surface area (TPSA) is 63.1 Å². The molecule has 0 saturated carbocycles. The minimum absolute atomic E-state index is 0.0385. The maximum Gasteiger partial charge on any atom is 0.451 e. The third-order valence-corrected chi connectivity index (χ3v) is 2.00. The minimum Gasteiger partial charge on any atom is -0.477 e. The van der Waals surface area contributed by atoms with Crippen molar-refractivity contribution in [3.63, 3.8) is 0 Å². The predicted molar refractivity (Wildman–Crippen MR) is 51.5 cm³/mol. The number of nitrogens with zero attached hydrogens (tertiary/aromatic N) is 2. The molecule has 8 heteroatoms. The number of hydrogen-bond acceptors (Lipinski definition) is 3. The lowest BCUT2D eigenvalue weighted by Gasteiger charge is -2.07. The Morgan fingerprint density at radius 2 is 2.06 bits per heavy atom. The van der Waals surface area contributed by atoms with Crippen LogP contribution in [0.5, 0.6) is 0 Å². The molecule has 0 atom stereocenters. The van der Waals surface area contributed by atoms with Crippen LogP contribution in [0.1, 0.15) is 22.0 Å². The molecule has 0 fully saturated rings. The second-order valence-corrected chi connectivity index (χ2v) is 3.60. The van der Waals surface area contributed by atoms with Gasteiger partial charge in [0.25, 0.3) is 0 Å². The molecule has 0 unspecified atom stereocenters. The first-order valence-corrected chi connectivity index (χ1v) is 5.21. The van der Waals surface area contributed by atoms with Crippen LogP contribution in [0.15, 0.2) is 6.07 Å². The first-order chi connectivity index (χ1) is 7.34. The molecule has 1 aromatic rings. The Kier molecular flexibility index (Phi) is 3.84. The van der Waals surface area contributed by atoms with E-state index < -0.39 is 23.7 Å². The summed E-state index contributed by atoms with van der Waals surface area (Å²) in [7, 11) is 0. The zero-order valence-corrected chi connectivity index (χ0v) is 9.34. The number of aryl methyl sites for hydroxylation is 1. The Morgan fingerprint density at radius 1 is 1.44 bits per heavy atom. The van der Waals surface area contributed by atoms with E-state index >= 15 is 0 Å². The summed E-state index contributed by atoms with van der Waals surface area (Å²) in [6.07, 6.45) is -4.54. The molecule has 0 radical (unpaired) electrons. The molecule has 0 aliphatic heterocycles. The largest absolute Gasteiger partial charge is 0.477 e. The Morgan fingerprint density at radius 3 is 2.50 bits per heavy atom. The van der Waals surface area contributed by atoms with Crippen molar-refractivity contribution in [3.05, 3.63) is 23.3 Å². The molecule has 0 bridgehead atoms. The van der Waals surface area contributed by atoms with E-state index in [1.165, 1.54) is 0 Å². The maximum atomic E-state index is 12.3. The highest BCUT2D eigenvalue weighted by molar-refractivity contribution is 9.09. The monoisotopic (exact) mass is 298 g/mol. The number of aromatic nitrogens is 2. The number of carboxylic acids is 1. The number of halogens is 4. The quantitative estimate of drug-likeness (QED) is 0.868. The van der Waals surface area contributed by atoms with Crippen LogP contribution >= 0.6 is 15.9 Å². The average Bonchev–Trinajstić information content (AvgIpc) is 2.16. The number of rotatable bonds is 3. The van der Waals surface area contributed by atoms with Gasteiger partial charge in [0.1, 0.15) is 0 Å². The molecule has 1 aromatic heterocycles. The maximum absolute atomic E-state index is 12.3. The van der Waals surface area contributed by atoms with Gasteiger partial charge >= 0.3 is 12.1 Å². The molecular weight excluding hydrogens is 293 g/mol. The number of carboxylic acid groups (broad SMARTS) is 1. The Labute approximate surface area is 96.7 Å². The fourth-order valence-electron chi connectivity index (χ4n) is 0.959. The number of carbonyl (C=O) groups is 1. The summed E-state index contributed by atoms with van der Waals surface area (Å²) < 4.78 is 37.0. The zero-order chi connectivity index (χ0) is 12.3. The first-order valence-electron chi connectivity index (χ1n) is 4.09. The molecule has 1 heterocycles. The van der Waals surface area contributed by atoms with E-state index in [1.54, 1.807) is 0 Å². The van der Waals surface area contributed by atoms with Gasteiger partial charge in [-0.05, 0) is 12.5 Å². The Balaban J connectivity index is 3.24. The van der Waals surface area contributed by atoms with Crippen molar-refractivity contribution in [1.82, 2.24) is 9.97 Å². The lowest BCUT2D eigenvalue weighted by atomic mass is 10.2. The summed E-state index contributed by atoms with van der Waals surface area (Å²) in [6.45, 7) is 0. The summed E-state index contributed by atoms with van der Waals surface area (Å²) in [4.78, 5) is 16.8. The third-order valence-electron chi connectivity index (χ3n) is 1.60. The van der Waals surface area contributed by atoms with Crippen LogP contribution in [-0.4, -0.2) is 26.4 Å². The van der Waals surface area contributed by atoms with Crippen molar-refractivity contribution in [1.29, 1.82) is 0 Å². The van der Waals surface area contributed by atoms with Crippen LogP contribution in [0.3, 0.4) is 0 Å². The second kappa shape index (κ2) is 4.77. The third kappa shape index (κ3) is 3.16. The summed E-state index contributed by atoms with van der Waals surface area (Å²) in [5.41, 5.74) is -0.616. The van der Waals surface area contributed by atoms with Crippen molar-refractivity contribution in [2.45, 2.75) is 12.6 Å². The van der Waals surface area contributed by atoms with Crippen molar-refractivity contribution in [2.75, 3.05) is 5.33 Å². The molecule has 88 valence electrons. The van der Waals surface area contributed by atoms with Gasteiger partial charge in [-0.3, -0.25) is 0 Å². The van der Waals surface area contributed by atoms with E-state index in [2.05, 4.69) is 25.9 Å². The van der Waals surface area contributed by atoms with Crippen molar-refractivity contribution in [3.8, 4) is 0 Å². The summed E-state index contributed by atoms with van der Waals surface area (Å²) in [5.74, 6) is -2.94. The molecular formula is C8H6BrF3N2O2. The van der Waals surface area contributed by atoms with Crippen molar-refractivity contribution < 1.29 is 23.1 Å². The van der Waals surface area contributed by atoms with Crippen LogP contribution in [0.25, 0.3) is 0 Å². The molecule has 0 aliphatic rings. The lowest BCUT2D eigenvalue weighted by Crippen LogP contribution is -2.16. The fraction of sp³-hybridized carbons (Fsp3) is 0.375. The highest BCUT2D eigenvalue weighted by atomic mass is 79.9. The van der Waals surface area contributed by atoms with Gasteiger partial charge in [-0.15, -0.1) is 0 Å². The molecule has 0 aliphatic carbocycles. The molecule has 4 nitrogen and oxygen atoms in total. The van der Waals surface area contributed by atoms with E-state index in [1.807, 2.05) is 0 Å². The molecule has 0 amide bonds. The highest BCUT2D eigenvalue weighted by Crippen LogP contribution is 2.26.